The van der Waals surface area contributed by atoms with E-state index >= 15 is 0 Å². The van der Waals surface area contributed by atoms with Crippen LogP contribution in [0.3, 0.4) is 0 Å². The summed E-state index contributed by atoms with van der Waals surface area (Å²) in [4.78, 5) is 4.09. The second-order valence-corrected chi connectivity index (χ2v) is 6.23. The minimum absolute atomic E-state index is 0.167. The highest BCUT2D eigenvalue weighted by Gasteiger charge is 2.21. The van der Waals surface area contributed by atoms with E-state index in [0.717, 1.165) is 17.8 Å². The average Bonchev–Trinajstić information content (AvgIpc) is 2.91. The Labute approximate surface area is 131 Å². The van der Waals surface area contributed by atoms with Crippen molar-refractivity contribution in [3.8, 4) is 5.69 Å². The zero-order valence-corrected chi connectivity index (χ0v) is 13.7. The number of anilines is 1. The highest BCUT2D eigenvalue weighted by molar-refractivity contribution is 6.33. The molecule has 4 nitrogen and oxygen atoms in total. The predicted molar refractivity (Wildman–Crippen MR) is 87.4 cm³/mol. The van der Waals surface area contributed by atoms with Crippen molar-refractivity contribution in [1.82, 2.24) is 9.55 Å². The average molecular weight is 308 g/mol. The Morgan fingerprint density at radius 3 is 2.81 bits per heavy atom. The maximum atomic E-state index is 6.35. The number of aromatic nitrogens is 2. The molecule has 0 saturated heterocycles. The summed E-state index contributed by atoms with van der Waals surface area (Å²) < 4.78 is 7.41. The predicted octanol–water partition coefficient (Wildman–Crippen LogP) is 4.14. The van der Waals surface area contributed by atoms with Gasteiger partial charge in [0.15, 0.2) is 0 Å². The van der Waals surface area contributed by atoms with E-state index in [0.29, 0.717) is 5.02 Å². The fourth-order valence-electron chi connectivity index (χ4n) is 2.42. The number of nitrogens with one attached hydrogen (secondary N) is 1. The molecule has 1 aromatic heterocycles. The van der Waals surface area contributed by atoms with Gasteiger partial charge in [0, 0.05) is 25.5 Å². The third-order valence-corrected chi connectivity index (χ3v) is 3.81. The molecule has 0 fully saturated rings. The van der Waals surface area contributed by atoms with Crippen molar-refractivity contribution >= 4 is 17.3 Å². The Balaban J connectivity index is 2.23. The largest absolute Gasteiger partial charge is 0.381 e. The van der Waals surface area contributed by atoms with E-state index in [4.69, 9.17) is 16.3 Å². The van der Waals surface area contributed by atoms with Gasteiger partial charge in [0.05, 0.1) is 28.3 Å². The van der Waals surface area contributed by atoms with Crippen molar-refractivity contribution < 1.29 is 4.74 Å². The minimum Gasteiger partial charge on any atom is -0.381 e. The van der Waals surface area contributed by atoms with E-state index in [1.807, 2.05) is 29.0 Å². The normalized spacial score (nSPS) is 13.2. The first-order chi connectivity index (χ1) is 9.93. The van der Waals surface area contributed by atoms with Gasteiger partial charge in [-0.1, -0.05) is 17.7 Å². The Kier molecular flexibility index (Phi) is 4.91. The fraction of sp³-hybridized carbons (Fsp3) is 0.438. The van der Waals surface area contributed by atoms with Crippen molar-refractivity contribution in [1.29, 1.82) is 0 Å². The van der Waals surface area contributed by atoms with Gasteiger partial charge in [0.2, 0.25) is 0 Å². The number of para-hydroxylation sites is 1. The van der Waals surface area contributed by atoms with Crippen LogP contribution in [0.2, 0.25) is 5.02 Å². The fourth-order valence-corrected chi connectivity index (χ4v) is 2.69. The lowest BCUT2D eigenvalue weighted by Crippen LogP contribution is -2.31. The summed E-state index contributed by atoms with van der Waals surface area (Å²) in [6.07, 6.45) is 6.26. The summed E-state index contributed by atoms with van der Waals surface area (Å²) in [6, 6.07) is 6.10. The van der Waals surface area contributed by atoms with Crippen LogP contribution in [0.1, 0.15) is 27.2 Å². The van der Waals surface area contributed by atoms with Gasteiger partial charge in [0.1, 0.15) is 0 Å². The van der Waals surface area contributed by atoms with Crippen LogP contribution >= 0.6 is 11.6 Å². The van der Waals surface area contributed by atoms with Gasteiger partial charge in [-0.15, -0.1) is 0 Å². The molecule has 0 amide bonds. The number of ether oxygens (including phenoxy) is 1. The first-order valence-electron chi connectivity index (χ1n) is 7.01. The standard InChI is InChI=1S/C16H22ClN3O/c1-12(10-16(2,3)21-4)19-14-7-5-6-13(17)15(14)20-9-8-18-11-20/h5-9,11-12,19H,10H2,1-4H3. The SMILES string of the molecule is COC(C)(C)CC(C)Nc1cccc(Cl)c1-n1ccnc1. The van der Waals surface area contributed by atoms with E-state index in [2.05, 4.69) is 31.1 Å². The first-order valence-corrected chi connectivity index (χ1v) is 7.39. The molecule has 1 unspecified atom stereocenters. The van der Waals surface area contributed by atoms with Gasteiger partial charge >= 0.3 is 0 Å². The summed E-state index contributed by atoms with van der Waals surface area (Å²) in [5.74, 6) is 0. The van der Waals surface area contributed by atoms with Gasteiger partial charge in [-0.2, -0.15) is 0 Å². The molecule has 5 heteroatoms. The number of halogens is 1. The van der Waals surface area contributed by atoms with Crippen LogP contribution in [0.25, 0.3) is 5.69 Å². The molecule has 1 atom stereocenters. The molecule has 1 aromatic carbocycles. The van der Waals surface area contributed by atoms with E-state index in [1.165, 1.54) is 0 Å². The summed E-state index contributed by atoms with van der Waals surface area (Å²) in [7, 11) is 1.74. The van der Waals surface area contributed by atoms with Crippen LogP contribution in [0.5, 0.6) is 0 Å². The lowest BCUT2D eigenvalue weighted by Gasteiger charge is -2.28. The molecule has 0 bridgehead atoms. The molecule has 114 valence electrons. The number of nitrogens with zero attached hydrogens (tertiary/aromatic N) is 2. The third-order valence-electron chi connectivity index (χ3n) is 3.50. The molecule has 1 heterocycles. The topological polar surface area (TPSA) is 39.1 Å². The molecule has 0 spiro atoms. The van der Waals surface area contributed by atoms with Gasteiger partial charge in [-0.05, 0) is 39.3 Å². The van der Waals surface area contributed by atoms with Crippen molar-refractivity contribution in [2.24, 2.45) is 0 Å². The monoisotopic (exact) mass is 307 g/mol. The Morgan fingerprint density at radius 1 is 1.43 bits per heavy atom. The van der Waals surface area contributed by atoms with Crippen LogP contribution in [-0.4, -0.2) is 28.3 Å². The maximum absolute atomic E-state index is 6.35. The third kappa shape index (κ3) is 3.99. The van der Waals surface area contributed by atoms with Crippen molar-refractivity contribution in [2.75, 3.05) is 12.4 Å². The van der Waals surface area contributed by atoms with E-state index in [-0.39, 0.29) is 11.6 Å². The lowest BCUT2D eigenvalue weighted by molar-refractivity contribution is 0.0128. The molecular weight excluding hydrogens is 286 g/mol. The summed E-state index contributed by atoms with van der Waals surface area (Å²) in [5.41, 5.74) is 1.74. The van der Waals surface area contributed by atoms with Crippen molar-refractivity contribution in [2.45, 2.75) is 38.8 Å². The van der Waals surface area contributed by atoms with Crippen LogP contribution in [0.15, 0.2) is 36.9 Å². The molecule has 0 radical (unpaired) electrons. The number of hydrogen-bond acceptors (Lipinski definition) is 3. The second-order valence-electron chi connectivity index (χ2n) is 5.82. The van der Waals surface area contributed by atoms with E-state index < -0.39 is 0 Å². The molecule has 2 rings (SSSR count). The molecule has 21 heavy (non-hydrogen) atoms. The zero-order valence-electron chi connectivity index (χ0n) is 12.9. The Bertz CT molecular complexity index is 581. The molecule has 1 N–H and O–H groups in total. The molecule has 0 aliphatic heterocycles. The second kappa shape index (κ2) is 6.50. The minimum atomic E-state index is -0.167. The summed E-state index contributed by atoms with van der Waals surface area (Å²) >= 11 is 6.35. The number of hydrogen-bond donors (Lipinski definition) is 1. The highest BCUT2D eigenvalue weighted by Crippen LogP contribution is 2.29. The smallest absolute Gasteiger partial charge is 0.0992 e. The molecule has 0 aliphatic carbocycles. The molecule has 0 saturated carbocycles. The van der Waals surface area contributed by atoms with E-state index in [9.17, 15) is 0 Å². The highest BCUT2D eigenvalue weighted by atomic mass is 35.5. The number of imidazole rings is 1. The first kappa shape index (κ1) is 15.9. The summed E-state index contributed by atoms with van der Waals surface area (Å²) in [5, 5.41) is 4.21. The van der Waals surface area contributed by atoms with Gasteiger partial charge < -0.3 is 14.6 Å². The summed E-state index contributed by atoms with van der Waals surface area (Å²) in [6.45, 7) is 6.30. The van der Waals surface area contributed by atoms with Crippen LogP contribution in [0.4, 0.5) is 5.69 Å². The van der Waals surface area contributed by atoms with Crippen LogP contribution < -0.4 is 5.32 Å². The van der Waals surface area contributed by atoms with Crippen molar-refractivity contribution in [3.05, 3.63) is 41.9 Å². The Morgan fingerprint density at radius 2 is 2.19 bits per heavy atom. The number of methoxy groups -OCH3 is 1. The molecule has 2 aromatic rings. The van der Waals surface area contributed by atoms with Gasteiger partial charge in [0.25, 0.3) is 0 Å². The maximum Gasteiger partial charge on any atom is 0.0992 e. The van der Waals surface area contributed by atoms with Crippen molar-refractivity contribution in [3.63, 3.8) is 0 Å². The zero-order chi connectivity index (χ0) is 15.5. The lowest BCUT2D eigenvalue weighted by atomic mass is 9.99. The van der Waals surface area contributed by atoms with E-state index in [1.54, 1.807) is 19.6 Å². The van der Waals surface area contributed by atoms with Gasteiger partial charge in [-0.3, -0.25) is 0 Å². The molecular formula is C16H22ClN3O. The quantitative estimate of drug-likeness (QED) is 0.871. The van der Waals surface area contributed by atoms with Crippen LogP contribution in [0, 0.1) is 0 Å². The number of benzene rings is 1. The van der Waals surface area contributed by atoms with Crippen LogP contribution in [-0.2, 0) is 4.74 Å². The molecule has 0 aliphatic rings. The number of rotatable bonds is 6. The Hall–Kier alpha value is -1.52. The van der Waals surface area contributed by atoms with Gasteiger partial charge in [-0.25, -0.2) is 4.98 Å².